The van der Waals surface area contributed by atoms with Crippen molar-refractivity contribution in [3.8, 4) is 22.8 Å². The monoisotopic (exact) mass is 373 g/mol. The normalized spacial score (nSPS) is 14.5. The third kappa shape index (κ3) is 2.94. The Morgan fingerprint density at radius 2 is 1.86 bits per heavy atom. The maximum Gasteiger partial charge on any atom is 0.272 e. The number of piperidine rings is 1. The highest BCUT2D eigenvalue weighted by molar-refractivity contribution is 5.60. The van der Waals surface area contributed by atoms with Crippen molar-refractivity contribution in [3.05, 3.63) is 42.5 Å². The van der Waals surface area contributed by atoms with Crippen molar-refractivity contribution in [3.63, 3.8) is 0 Å². The second-order valence-electron chi connectivity index (χ2n) is 6.81. The molecule has 0 spiro atoms. The van der Waals surface area contributed by atoms with E-state index in [4.69, 9.17) is 4.98 Å². The number of hydrogen-bond acceptors (Lipinski definition) is 8. The number of pyridine rings is 1. The van der Waals surface area contributed by atoms with Crippen LogP contribution in [0.25, 0.3) is 28.6 Å². The van der Waals surface area contributed by atoms with Crippen LogP contribution in [0.5, 0.6) is 0 Å². The third-order valence-corrected chi connectivity index (χ3v) is 4.93. The van der Waals surface area contributed by atoms with Crippen LogP contribution in [0.4, 0.5) is 5.95 Å². The average Bonchev–Trinajstić information content (AvgIpc) is 3.21. The maximum atomic E-state index is 4.74. The minimum absolute atomic E-state index is 0.449. The summed E-state index contributed by atoms with van der Waals surface area (Å²) in [6.45, 7) is 3.93. The fraction of sp³-hybridized carbons (Fsp3) is 0.316. The molecule has 0 radical (unpaired) electrons. The van der Waals surface area contributed by atoms with Crippen LogP contribution in [0.3, 0.4) is 0 Å². The van der Waals surface area contributed by atoms with Gasteiger partial charge in [0.05, 0.1) is 11.4 Å². The Hall–Kier alpha value is -3.49. The lowest BCUT2D eigenvalue weighted by Gasteiger charge is -2.26. The Morgan fingerprint density at radius 1 is 0.964 bits per heavy atom. The summed E-state index contributed by atoms with van der Waals surface area (Å²) in [6.07, 6.45) is 8.84. The minimum atomic E-state index is 0.449. The molecule has 0 N–H and O–H groups in total. The Bertz CT molecular complexity index is 1120. The van der Waals surface area contributed by atoms with Gasteiger partial charge < -0.3 is 4.90 Å². The van der Waals surface area contributed by atoms with Crippen LogP contribution in [0.2, 0.25) is 0 Å². The van der Waals surface area contributed by atoms with Crippen LogP contribution < -0.4 is 4.90 Å². The summed E-state index contributed by atoms with van der Waals surface area (Å²) in [5.74, 6) is 1.76. The molecule has 0 aromatic carbocycles. The topological polar surface area (TPSA) is 97.9 Å². The van der Waals surface area contributed by atoms with Crippen molar-refractivity contribution in [1.29, 1.82) is 0 Å². The van der Waals surface area contributed by atoms with Crippen molar-refractivity contribution in [1.82, 2.24) is 39.7 Å². The van der Waals surface area contributed by atoms with E-state index in [0.29, 0.717) is 17.3 Å². The zero-order valence-corrected chi connectivity index (χ0v) is 15.5. The van der Waals surface area contributed by atoms with Crippen molar-refractivity contribution >= 4 is 11.7 Å². The molecule has 28 heavy (non-hydrogen) atoms. The molecule has 4 aromatic rings. The molecule has 0 aliphatic carbocycles. The Morgan fingerprint density at radius 3 is 2.68 bits per heavy atom. The van der Waals surface area contributed by atoms with Gasteiger partial charge in [-0.05, 0) is 44.4 Å². The number of fused-ring (bicyclic) bond motifs is 1. The summed E-state index contributed by atoms with van der Waals surface area (Å²) in [4.78, 5) is 20.0. The smallest absolute Gasteiger partial charge is 0.272 e. The summed E-state index contributed by atoms with van der Waals surface area (Å²) in [5, 5.41) is 13.2. The largest absolute Gasteiger partial charge is 0.341 e. The van der Waals surface area contributed by atoms with Gasteiger partial charge in [0.25, 0.3) is 5.78 Å². The molecule has 4 aromatic heterocycles. The van der Waals surface area contributed by atoms with E-state index in [1.165, 1.54) is 19.3 Å². The highest BCUT2D eigenvalue weighted by atomic mass is 15.4. The summed E-state index contributed by atoms with van der Waals surface area (Å²) in [7, 11) is 0. The van der Waals surface area contributed by atoms with Crippen molar-refractivity contribution in [2.75, 3.05) is 18.0 Å². The molecule has 9 nitrogen and oxygen atoms in total. The number of nitrogens with zero attached hydrogens (tertiary/aromatic N) is 9. The molecular formula is C19H19N9. The molecule has 0 unspecified atom stereocenters. The molecule has 0 saturated carbocycles. The number of aromatic nitrogens is 8. The number of rotatable bonds is 3. The molecule has 1 aliphatic rings. The summed E-state index contributed by atoms with van der Waals surface area (Å²) in [6, 6.07) is 5.63. The Kier molecular flexibility index (Phi) is 4.12. The first-order chi connectivity index (χ1) is 13.8. The van der Waals surface area contributed by atoms with Gasteiger partial charge >= 0.3 is 0 Å². The summed E-state index contributed by atoms with van der Waals surface area (Å²) >= 11 is 0. The molecule has 1 fully saturated rings. The van der Waals surface area contributed by atoms with Gasteiger partial charge in [0.2, 0.25) is 5.95 Å². The van der Waals surface area contributed by atoms with Crippen LogP contribution in [0, 0.1) is 6.92 Å². The van der Waals surface area contributed by atoms with E-state index in [-0.39, 0.29) is 0 Å². The van der Waals surface area contributed by atoms with Crippen LogP contribution in [0.15, 0.2) is 36.8 Å². The standard InChI is InChI=1S/C19H19N9/c1-13-16(15-7-9-21-18(22-15)27-10-3-2-4-11-27)24-25-19-23-17(26-28(13)19)14-6-5-8-20-12-14/h5-9,12H,2-4,10-11H2,1H3. The zero-order valence-electron chi connectivity index (χ0n) is 15.5. The van der Waals surface area contributed by atoms with E-state index in [1.807, 2.05) is 25.1 Å². The van der Waals surface area contributed by atoms with Gasteiger partial charge in [-0.1, -0.05) is 0 Å². The highest BCUT2D eigenvalue weighted by Gasteiger charge is 2.18. The molecule has 9 heteroatoms. The molecule has 1 saturated heterocycles. The second-order valence-corrected chi connectivity index (χ2v) is 6.81. The fourth-order valence-corrected chi connectivity index (χ4v) is 3.44. The maximum absolute atomic E-state index is 4.74. The first kappa shape index (κ1) is 16.7. The minimum Gasteiger partial charge on any atom is -0.341 e. The average molecular weight is 373 g/mol. The van der Waals surface area contributed by atoms with Crippen molar-refractivity contribution in [2.24, 2.45) is 0 Å². The lowest BCUT2D eigenvalue weighted by atomic mass is 10.1. The second kappa shape index (κ2) is 6.91. The molecule has 0 amide bonds. The van der Waals surface area contributed by atoms with Crippen LogP contribution >= 0.6 is 0 Å². The van der Waals surface area contributed by atoms with Crippen molar-refractivity contribution in [2.45, 2.75) is 26.2 Å². The Balaban J connectivity index is 1.55. The number of anilines is 1. The molecule has 1 aliphatic heterocycles. The van der Waals surface area contributed by atoms with Crippen molar-refractivity contribution < 1.29 is 0 Å². The van der Waals surface area contributed by atoms with Crippen LogP contribution in [-0.4, -0.2) is 52.8 Å². The van der Waals surface area contributed by atoms with Gasteiger partial charge in [0.1, 0.15) is 5.69 Å². The van der Waals surface area contributed by atoms with Crippen LogP contribution in [-0.2, 0) is 0 Å². The van der Waals surface area contributed by atoms with E-state index < -0.39 is 0 Å². The lowest BCUT2D eigenvalue weighted by molar-refractivity contribution is 0.568. The molecule has 140 valence electrons. The van der Waals surface area contributed by atoms with Gasteiger partial charge in [0, 0.05) is 37.2 Å². The molecule has 0 atom stereocenters. The zero-order chi connectivity index (χ0) is 18.9. The van der Waals surface area contributed by atoms with E-state index in [9.17, 15) is 0 Å². The highest BCUT2D eigenvalue weighted by Crippen LogP contribution is 2.23. The van der Waals surface area contributed by atoms with Gasteiger partial charge in [-0.15, -0.1) is 15.3 Å². The SMILES string of the molecule is Cc1c(-c2ccnc(N3CCCCC3)n2)nnc2nc(-c3cccnc3)nn12. The number of aryl methyl sites for hydroxylation is 1. The van der Waals surface area contributed by atoms with Gasteiger partial charge in [-0.25, -0.2) is 9.97 Å². The third-order valence-electron chi connectivity index (χ3n) is 4.93. The summed E-state index contributed by atoms with van der Waals surface area (Å²) < 4.78 is 1.70. The number of hydrogen-bond donors (Lipinski definition) is 0. The van der Waals surface area contributed by atoms with E-state index in [2.05, 4.69) is 35.1 Å². The van der Waals surface area contributed by atoms with Gasteiger partial charge in [0.15, 0.2) is 5.82 Å². The summed E-state index contributed by atoms with van der Waals surface area (Å²) in [5.41, 5.74) is 3.08. The molecule has 5 heterocycles. The van der Waals surface area contributed by atoms with Gasteiger partial charge in [-0.2, -0.15) is 9.50 Å². The predicted molar refractivity (Wildman–Crippen MR) is 104 cm³/mol. The van der Waals surface area contributed by atoms with Crippen LogP contribution in [0.1, 0.15) is 25.0 Å². The predicted octanol–water partition coefficient (Wildman–Crippen LogP) is 2.34. The first-order valence-electron chi connectivity index (χ1n) is 9.38. The molecular weight excluding hydrogens is 354 g/mol. The lowest BCUT2D eigenvalue weighted by Crippen LogP contribution is -2.31. The Labute approximate surface area is 161 Å². The molecule has 5 rings (SSSR count). The van der Waals surface area contributed by atoms with E-state index in [0.717, 1.165) is 36.0 Å². The van der Waals surface area contributed by atoms with E-state index >= 15 is 0 Å². The molecule has 0 bridgehead atoms. The first-order valence-corrected chi connectivity index (χ1v) is 9.38. The van der Waals surface area contributed by atoms with Gasteiger partial charge in [-0.3, -0.25) is 4.98 Å². The van der Waals surface area contributed by atoms with E-state index in [1.54, 1.807) is 23.1 Å². The quantitative estimate of drug-likeness (QED) is 0.540. The fourth-order valence-electron chi connectivity index (χ4n) is 3.44.